The molecule has 1 fully saturated rings. The summed E-state index contributed by atoms with van der Waals surface area (Å²) in [4.78, 5) is 12.2. The minimum Gasteiger partial charge on any atom is -0.376 e. The Bertz CT molecular complexity index is 697. The molecule has 1 atom stereocenters. The normalized spacial score (nSPS) is 17.5. The van der Waals surface area contributed by atoms with Crippen LogP contribution >= 0.6 is 0 Å². The maximum absolute atomic E-state index is 12.2. The van der Waals surface area contributed by atoms with Crippen LogP contribution in [0.25, 0.3) is 5.69 Å². The summed E-state index contributed by atoms with van der Waals surface area (Å²) in [6.45, 7) is 5.97. The molecule has 2 N–H and O–H groups in total. The average molecular weight is 332 g/mol. The predicted molar refractivity (Wildman–Crippen MR) is 86.2 cm³/mol. The van der Waals surface area contributed by atoms with Gasteiger partial charge in [-0.1, -0.05) is 0 Å². The molecule has 0 spiro atoms. The van der Waals surface area contributed by atoms with Gasteiger partial charge in [-0.15, -0.1) is 5.10 Å². The van der Waals surface area contributed by atoms with Gasteiger partial charge in [-0.05, 0) is 47.5 Å². The molecule has 9 heteroatoms. The van der Waals surface area contributed by atoms with E-state index in [0.29, 0.717) is 32.1 Å². The van der Waals surface area contributed by atoms with Gasteiger partial charge in [-0.2, -0.15) is 0 Å². The summed E-state index contributed by atoms with van der Waals surface area (Å²) in [7, 11) is 0. The molecule has 0 bridgehead atoms. The first-order valence-corrected chi connectivity index (χ1v) is 7.72. The van der Waals surface area contributed by atoms with Gasteiger partial charge < -0.3 is 20.1 Å². The van der Waals surface area contributed by atoms with E-state index >= 15 is 0 Å². The van der Waals surface area contributed by atoms with Crippen LogP contribution in [-0.4, -0.2) is 58.7 Å². The van der Waals surface area contributed by atoms with Crippen molar-refractivity contribution in [2.75, 3.05) is 31.7 Å². The lowest BCUT2D eigenvalue weighted by Crippen LogP contribution is -2.41. The highest BCUT2D eigenvalue weighted by Crippen LogP contribution is 2.23. The number of carbonyl (C=O) groups is 1. The number of aryl methyl sites for hydroxylation is 1. The third-order valence-corrected chi connectivity index (χ3v) is 3.89. The molecule has 1 aromatic heterocycles. The summed E-state index contributed by atoms with van der Waals surface area (Å²) in [5.41, 5.74) is 3.50. The van der Waals surface area contributed by atoms with E-state index in [1.54, 1.807) is 4.68 Å². The number of hydrogen-bond acceptors (Lipinski definition) is 6. The molecule has 9 nitrogen and oxygen atoms in total. The van der Waals surface area contributed by atoms with E-state index < -0.39 is 0 Å². The van der Waals surface area contributed by atoms with E-state index in [-0.39, 0.29) is 12.1 Å². The summed E-state index contributed by atoms with van der Waals surface area (Å²) in [6.07, 6.45) is 1.40. The lowest BCUT2D eigenvalue weighted by Gasteiger charge is -2.23. The topological polar surface area (TPSA) is 103 Å². The second-order valence-electron chi connectivity index (χ2n) is 5.59. The Morgan fingerprint density at radius 2 is 2.25 bits per heavy atom. The number of aromatic nitrogens is 4. The molecule has 2 aromatic rings. The number of benzene rings is 1. The minimum absolute atomic E-state index is 0.111. The van der Waals surface area contributed by atoms with Gasteiger partial charge in [0.2, 0.25) is 0 Å². The first kappa shape index (κ1) is 16.3. The van der Waals surface area contributed by atoms with Crippen molar-refractivity contribution in [2.24, 2.45) is 0 Å². The molecule has 0 saturated carbocycles. The van der Waals surface area contributed by atoms with Crippen LogP contribution in [0, 0.1) is 13.8 Å². The summed E-state index contributed by atoms with van der Waals surface area (Å²) in [6, 6.07) is 3.50. The van der Waals surface area contributed by atoms with E-state index in [1.165, 1.54) is 6.33 Å². The monoisotopic (exact) mass is 332 g/mol. The molecular weight excluding hydrogens is 312 g/mol. The minimum atomic E-state index is -0.291. The zero-order chi connectivity index (χ0) is 16.9. The first-order chi connectivity index (χ1) is 11.6. The van der Waals surface area contributed by atoms with Crippen LogP contribution in [0.3, 0.4) is 0 Å². The largest absolute Gasteiger partial charge is 0.376 e. The van der Waals surface area contributed by atoms with E-state index in [4.69, 9.17) is 9.47 Å². The van der Waals surface area contributed by atoms with E-state index in [2.05, 4.69) is 26.2 Å². The zero-order valence-corrected chi connectivity index (χ0v) is 13.7. The number of rotatable bonds is 4. The number of tetrazole rings is 1. The van der Waals surface area contributed by atoms with Crippen molar-refractivity contribution < 1.29 is 14.3 Å². The van der Waals surface area contributed by atoms with Crippen molar-refractivity contribution in [3.63, 3.8) is 0 Å². The summed E-state index contributed by atoms with van der Waals surface area (Å²) >= 11 is 0. The fraction of sp³-hybridized carbons (Fsp3) is 0.467. The van der Waals surface area contributed by atoms with Crippen molar-refractivity contribution >= 4 is 11.7 Å². The molecule has 1 saturated heterocycles. The Balaban J connectivity index is 1.66. The van der Waals surface area contributed by atoms with Gasteiger partial charge in [-0.3, -0.25) is 0 Å². The molecule has 1 aliphatic rings. The van der Waals surface area contributed by atoms with Crippen molar-refractivity contribution in [1.82, 2.24) is 25.5 Å². The Morgan fingerprint density at radius 3 is 2.96 bits per heavy atom. The molecule has 0 radical (unpaired) electrons. The highest BCUT2D eigenvalue weighted by molar-refractivity contribution is 5.90. The van der Waals surface area contributed by atoms with Gasteiger partial charge in [-0.25, -0.2) is 9.48 Å². The van der Waals surface area contributed by atoms with Crippen molar-refractivity contribution in [3.05, 3.63) is 29.6 Å². The van der Waals surface area contributed by atoms with E-state index in [0.717, 1.165) is 16.8 Å². The summed E-state index contributed by atoms with van der Waals surface area (Å²) in [5, 5.41) is 16.8. The smallest absolute Gasteiger partial charge is 0.319 e. The lowest BCUT2D eigenvalue weighted by molar-refractivity contribution is -0.0852. The third kappa shape index (κ3) is 3.87. The summed E-state index contributed by atoms with van der Waals surface area (Å²) in [5.74, 6) is 0. The number of anilines is 1. The van der Waals surface area contributed by atoms with Crippen LogP contribution in [-0.2, 0) is 9.47 Å². The summed E-state index contributed by atoms with van der Waals surface area (Å²) < 4.78 is 12.3. The fourth-order valence-corrected chi connectivity index (χ4v) is 2.41. The second kappa shape index (κ2) is 7.37. The lowest BCUT2D eigenvalue weighted by atomic mass is 10.1. The van der Waals surface area contributed by atoms with Gasteiger partial charge in [0.15, 0.2) is 0 Å². The van der Waals surface area contributed by atoms with E-state index in [9.17, 15) is 4.79 Å². The number of urea groups is 1. The van der Waals surface area contributed by atoms with Crippen molar-refractivity contribution in [1.29, 1.82) is 0 Å². The zero-order valence-electron chi connectivity index (χ0n) is 13.7. The van der Waals surface area contributed by atoms with Gasteiger partial charge >= 0.3 is 6.03 Å². The molecule has 24 heavy (non-hydrogen) atoms. The molecule has 1 aromatic carbocycles. The van der Waals surface area contributed by atoms with Gasteiger partial charge in [0.25, 0.3) is 0 Å². The quantitative estimate of drug-likeness (QED) is 0.859. The standard InChI is InChI=1S/C15H20N6O3/c1-10-5-12(21-9-17-19-20-21)6-14(11(10)2)18-15(22)16-7-13-8-23-3-4-24-13/h5-6,9,13H,3-4,7-8H2,1-2H3,(H2,16,18,22)/t13-/m0/s1. The van der Waals surface area contributed by atoms with Gasteiger partial charge in [0.05, 0.1) is 31.6 Å². The van der Waals surface area contributed by atoms with Crippen LogP contribution in [0.2, 0.25) is 0 Å². The second-order valence-corrected chi connectivity index (χ2v) is 5.59. The van der Waals surface area contributed by atoms with Gasteiger partial charge in [0, 0.05) is 12.2 Å². The predicted octanol–water partition coefficient (Wildman–Crippen LogP) is 0.816. The molecular formula is C15H20N6O3. The van der Waals surface area contributed by atoms with Crippen molar-refractivity contribution in [2.45, 2.75) is 20.0 Å². The number of nitrogens with one attached hydrogen (secondary N) is 2. The maximum atomic E-state index is 12.2. The average Bonchev–Trinajstić information content (AvgIpc) is 3.12. The number of nitrogens with zero attached hydrogens (tertiary/aromatic N) is 4. The van der Waals surface area contributed by atoms with Gasteiger partial charge in [0.1, 0.15) is 6.33 Å². The molecule has 1 aliphatic heterocycles. The molecule has 2 amide bonds. The molecule has 2 heterocycles. The van der Waals surface area contributed by atoms with Crippen LogP contribution in [0.1, 0.15) is 11.1 Å². The van der Waals surface area contributed by atoms with Crippen LogP contribution in [0.4, 0.5) is 10.5 Å². The van der Waals surface area contributed by atoms with Crippen LogP contribution in [0.5, 0.6) is 0 Å². The number of ether oxygens (including phenoxy) is 2. The van der Waals surface area contributed by atoms with Crippen LogP contribution < -0.4 is 10.6 Å². The molecule has 128 valence electrons. The Morgan fingerprint density at radius 1 is 1.38 bits per heavy atom. The maximum Gasteiger partial charge on any atom is 0.319 e. The highest BCUT2D eigenvalue weighted by atomic mass is 16.6. The molecule has 3 rings (SSSR count). The number of carbonyl (C=O) groups excluding carboxylic acids is 1. The molecule has 0 aliphatic carbocycles. The first-order valence-electron chi connectivity index (χ1n) is 7.72. The van der Waals surface area contributed by atoms with E-state index in [1.807, 2.05) is 26.0 Å². The number of hydrogen-bond donors (Lipinski definition) is 2. The van der Waals surface area contributed by atoms with Crippen LogP contribution in [0.15, 0.2) is 18.5 Å². The SMILES string of the molecule is Cc1cc(-n2cnnn2)cc(NC(=O)NC[C@H]2COCCO2)c1C. The Kier molecular flexibility index (Phi) is 5.02. The molecule has 0 unspecified atom stereocenters. The highest BCUT2D eigenvalue weighted by Gasteiger charge is 2.16. The fourth-order valence-electron chi connectivity index (χ4n) is 2.41. The Hall–Kier alpha value is -2.52. The Labute approximate surface area is 139 Å². The third-order valence-electron chi connectivity index (χ3n) is 3.89. The number of amides is 2. The van der Waals surface area contributed by atoms with Crippen molar-refractivity contribution in [3.8, 4) is 5.69 Å².